The van der Waals surface area contributed by atoms with E-state index in [0.29, 0.717) is 17.8 Å². The maximum Gasteiger partial charge on any atom is 0.278 e. The topological polar surface area (TPSA) is 55.9 Å². The number of carbonyl (C=O) groups excluding carboxylic acids is 2. The van der Waals surface area contributed by atoms with E-state index in [1.54, 1.807) is 0 Å². The molecule has 0 unspecified atom stereocenters. The van der Waals surface area contributed by atoms with Crippen LogP contribution in [0.15, 0.2) is 54.2 Å². The molecule has 0 bridgehead atoms. The molecular formula is C25H30N4O2. The number of nitrogens with one attached hydrogen (secondary N) is 1. The van der Waals surface area contributed by atoms with Crippen LogP contribution in [0.2, 0.25) is 0 Å². The fourth-order valence-corrected chi connectivity index (χ4v) is 4.07. The molecule has 2 amide bonds. The highest BCUT2D eigenvalue weighted by atomic mass is 16.2. The van der Waals surface area contributed by atoms with E-state index >= 15 is 0 Å². The van der Waals surface area contributed by atoms with Gasteiger partial charge in [0.15, 0.2) is 0 Å². The van der Waals surface area contributed by atoms with Gasteiger partial charge < -0.3 is 15.1 Å². The molecule has 1 fully saturated rings. The second-order valence-electron chi connectivity index (χ2n) is 8.34. The van der Waals surface area contributed by atoms with E-state index in [9.17, 15) is 9.59 Å². The van der Waals surface area contributed by atoms with E-state index in [0.717, 1.165) is 49.4 Å². The highest BCUT2D eigenvalue weighted by molar-refractivity contribution is 6.36. The third-order valence-corrected chi connectivity index (χ3v) is 5.96. The van der Waals surface area contributed by atoms with Crippen LogP contribution in [0, 0.1) is 6.92 Å². The molecule has 2 aromatic carbocycles. The van der Waals surface area contributed by atoms with Crippen molar-refractivity contribution in [2.24, 2.45) is 0 Å². The van der Waals surface area contributed by atoms with Gasteiger partial charge in [-0.1, -0.05) is 36.8 Å². The number of carbonyl (C=O) groups is 2. The molecule has 0 atom stereocenters. The van der Waals surface area contributed by atoms with Gasteiger partial charge in [0.1, 0.15) is 5.70 Å². The average Bonchev–Trinajstić information content (AvgIpc) is 3.00. The Balaban J connectivity index is 1.61. The first-order valence-electron chi connectivity index (χ1n) is 11.0. The average molecular weight is 419 g/mol. The highest BCUT2D eigenvalue weighted by Gasteiger charge is 2.38. The molecular weight excluding hydrogens is 388 g/mol. The summed E-state index contributed by atoms with van der Waals surface area (Å²) in [5.41, 5.74) is 4.65. The van der Waals surface area contributed by atoms with Crippen molar-refractivity contribution in [3.63, 3.8) is 0 Å². The number of benzene rings is 2. The second-order valence-corrected chi connectivity index (χ2v) is 8.34. The molecule has 0 spiro atoms. The van der Waals surface area contributed by atoms with E-state index in [1.807, 2.05) is 50.2 Å². The summed E-state index contributed by atoms with van der Waals surface area (Å²) in [4.78, 5) is 32.2. The van der Waals surface area contributed by atoms with Gasteiger partial charge in [-0.15, -0.1) is 0 Å². The van der Waals surface area contributed by atoms with Gasteiger partial charge in [0.2, 0.25) is 0 Å². The largest absolute Gasteiger partial charge is 0.369 e. The Kier molecular flexibility index (Phi) is 6.09. The molecule has 1 N–H and O–H groups in total. The van der Waals surface area contributed by atoms with Crippen molar-refractivity contribution in [2.75, 3.05) is 50.0 Å². The molecule has 2 aliphatic rings. The maximum atomic E-state index is 13.1. The summed E-state index contributed by atoms with van der Waals surface area (Å²) >= 11 is 0. The Hall–Kier alpha value is -3.12. The molecule has 2 heterocycles. The first-order chi connectivity index (χ1) is 15.0. The Morgan fingerprint density at radius 2 is 1.52 bits per heavy atom. The number of anilines is 2. The summed E-state index contributed by atoms with van der Waals surface area (Å²) in [6, 6.07) is 15.8. The lowest BCUT2D eigenvalue weighted by Gasteiger charge is -2.34. The zero-order valence-corrected chi connectivity index (χ0v) is 18.5. The summed E-state index contributed by atoms with van der Waals surface area (Å²) in [5, 5.41) is 3.25. The molecule has 6 nitrogen and oxygen atoms in total. The Morgan fingerprint density at radius 1 is 0.871 bits per heavy atom. The van der Waals surface area contributed by atoms with Crippen molar-refractivity contribution in [1.29, 1.82) is 0 Å². The van der Waals surface area contributed by atoms with Gasteiger partial charge in [0, 0.05) is 44.1 Å². The van der Waals surface area contributed by atoms with Gasteiger partial charge in [-0.25, -0.2) is 0 Å². The SMILES string of the molecule is CCCN1C(=O)C(Nc2ccc(N3CCN(C)CC3)cc2)=C(c2ccc(C)cc2)C1=O. The predicted octanol–water partition coefficient (Wildman–Crippen LogP) is 3.35. The fourth-order valence-electron chi connectivity index (χ4n) is 4.07. The summed E-state index contributed by atoms with van der Waals surface area (Å²) in [6.07, 6.45) is 0.728. The molecule has 162 valence electrons. The number of aryl methyl sites for hydroxylation is 1. The standard InChI is InChI=1S/C25H30N4O2/c1-4-13-29-24(30)22(19-7-5-18(2)6-8-19)23(25(29)31)26-20-9-11-21(12-10-20)28-16-14-27(3)15-17-28/h5-12,26H,4,13-17H2,1-3H3. The lowest BCUT2D eigenvalue weighted by atomic mass is 10.0. The normalized spacial score (nSPS) is 17.6. The Labute approximate surface area is 184 Å². The number of hydrogen-bond acceptors (Lipinski definition) is 5. The minimum Gasteiger partial charge on any atom is -0.369 e. The smallest absolute Gasteiger partial charge is 0.278 e. The number of rotatable bonds is 6. The second kappa shape index (κ2) is 8.94. The summed E-state index contributed by atoms with van der Waals surface area (Å²) in [5.74, 6) is -0.488. The molecule has 0 radical (unpaired) electrons. The van der Waals surface area contributed by atoms with Crippen LogP contribution in [0.4, 0.5) is 11.4 Å². The van der Waals surface area contributed by atoms with E-state index in [4.69, 9.17) is 0 Å². The predicted molar refractivity (Wildman–Crippen MR) is 125 cm³/mol. The first-order valence-corrected chi connectivity index (χ1v) is 11.0. The molecule has 1 saturated heterocycles. The molecule has 0 saturated carbocycles. The summed E-state index contributed by atoms with van der Waals surface area (Å²) in [6.45, 7) is 8.50. The van der Waals surface area contributed by atoms with Gasteiger partial charge in [-0.05, 0) is 50.2 Å². The number of imide groups is 1. The molecule has 2 aromatic rings. The minimum atomic E-state index is -0.259. The van der Waals surface area contributed by atoms with E-state index in [1.165, 1.54) is 10.6 Å². The number of amides is 2. The Bertz CT molecular complexity index is 987. The maximum absolute atomic E-state index is 13.1. The van der Waals surface area contributed by atoms with Crippen LogP contribution in [0.5, 0.6) is 0 Å². The summed E-state index contributed by atoms with van der Waals surface area (Å²) in [7, 11) is 2.14. The van der Waals surface area contributed by atoms with Crippen LogP contribution in [0.3, 0.4) is 0 Å². The van der Waals surface area contributed by atoms with Crippen molar-refractivity contribution >= 4 is 28.8 Å². The van der Waals surface area contributed by atoms with Crippen LogP contribution in [-0.2, 0) is 9.59 Å². The van der Waals surface area contributed by atoms with E-state index < -0.39 is 0 Å². The monoisotopic (exact) mass is 418 g/mol. The molecule has 4 rings (SSSR count). The van der Waals surface area contributed by atoms with Crippen LogP contribution in [0.1, 0.15) is 24.5 Å². The number of nitrogens with zero attached hydrogens (tertiary/aromatic N) is 3. The fraction of sp³-hybridized carbons (Fsp3) is 0.360. The van der Waals surface area contributed by atoms with Gasteiger partial charge in [-0.2, -0.15) is 0 Å². The van der Waals surface area contributed by atoms with Crippen LogP contribution in [-0.4, -0.2) is 61.4 Å². The van der Waals surface area contributed by atoms with Crippen LogP contribution < -0.4 is 10.2 Å². The van der Waals surface area contributed by atoms with Crippen molar-refractivity contribution < 1.29 is 9.59 Å². The van der Waals surface area contributed by atoms with Crippen molar-refractivity contribution in [3.05, 3.63) is 65.4 Å². The third kappa shape index (κ3) is 4.35. The van der Waals surface area contributed by atoms with E-state index in [2.05, 4.69) is 34.3 Å². The highest BCUT2D eigenvalue weighted by Crippen LogP contribution is 2.31. The summed E-state index contributed by atoms with van der Waals surface area (Å²) < 4.78 is 0. The molecule has 2 aliphatic heterocycles. The minimum absolute atomic E-state index is 0.229. The Morgan fingerprint density at radius 3 is 2.13 bits per heavy atom. The van der Waals surface area contributed by atoms with Crippen LogP contribution in [0.25, 0.3) is 5.57 Å². The number of hydrogen-bond donors (Lipinski definition) is 1. The van der Waals surface area contributed by atoms with Crippen molar-refractivity contribution in [3.8, 4) is 0 Å². The zero-order valence-electron chi connectivity index (χ0n) is 18.5. The quantitative estimate of drug-likeness (QED) is 0.729. The molecule has 6 heteroatoms. The number of likely N-dealkylation sites (N-methyl/N-ethyl adjacent to an activating group) is 1. The molecule has 31 heavy (non-hydrogen) atoms. The zero-order chi connectivity index (χ0) is 22.0. The number of piperazine rings is 1. The third-order valence-electron chi connectivity index (χ3n) is 5.96. The van der Waals surface area contributed by atoms with Gasteiger partial charge in [0.25, 0.3) is 11.8 Å². The van der Waals surface area contributed by atoms with Crippen molar-refractivity contribution in [1.82, 2.24) is 9.80 Å². The van der Waals surface area contributed by atoms with E-state index in [-0.39, 0.29) is 11.8 Å². The van der Waals surface area contributed by atoms with Crippen molar-refractivity contribution in [2.45, 2.75) is 20.3 Å². The first kappa shape index (κ1) is 21.1. The van der Waals surface area contributed by atoms with Gasteiger partial charge in [0.05, 0.1) is 5.57 Å². The van der Waals surface area contributed by atoms with Gasteiger partial charge in [-0.3, -0.25) is 14.5 Å². The lowest BCUT2D eigenvalue weighted by Crippen LogP contribution is -2.44. The molecule has 0 aromatic heterocycles. The van der Waals surface area contributed by atoms with Crippen LogP contribution >= 0.6 is 0 Å². The molecule has 0 aliphatic carbocycles. The lowest BCUT2D eigenvalue weighted by molar-refractivity contribution is -0.136. The van der Waals surface area contributed by atoms with Gasteiger partial charge >= 0.3 is 0 Å².